The summed E-state index contributed by atoms with van der Waals surface area (Å²) in [5.41, 5.74) is 0. The first-order chi connectivity index (χ1) is 7.90. The molecule has 0 aromatic carbocycles. The summed E-state index contributed by atoms with van der Waals surface area (Å²) in [6.07, 6.45) is 10.1. The van der Waals surface area contributed by atoms with Crippen LogP contribution in [0.5, 0.6) is 0 Å². The highest BCUT2D eigenvalue weighted by atomic mass is 32.1. The van der Waals surface area contributed by atoms with E-state index in [-0.39, 0.29) is 0 Å². The van der Waals surface area contributed by atoms with Crippen molar-refractivity contribution in [1.82, 2.24) is 10.3 Å². The number of hydrogen-bond acceptors (Lipinski definition) is 3. The highest BCUT2D eigenvalue weighted by Gasteiger charge is 2.19. The van der Waals surface area contributed by atoms with Crippen molar-refractivity contribution in [3.8, 4) is 0 Å². The Morgan fingerprint density at radius 1 is 1.44 bits per heavy atom. The maximum absolute atomic E-state index is 4.58. The van der Waals surface area contributed by atoms with E-state index in [1.165, 1.54) is 48.4 Å². The van der Waals surface area contributed by atoms with Crippen LogP contribution < -0.4 is 5.32 Å². The van der Waals surface area contributed by atoms with E-state index in [9.17, 15) is 0 Å². The number of unbranched alkanes of at least 4 members (excludes halogenated alkanes) is 1. The zero-order valence-electron chi connectivity index (χ0n) is 10.2. The van der Waals surface area contributed by atoms with Gasteiger partial charge in [-0.1, -0.05) is 26.2 Å². The van der Waals surface area contributed by atoms with Gasteiger partial charge in [0.2, 0.25) is 0 Å². The highest BCUT2D eigenvalue weighted by Crippen LogP contribution is 2.35. The van der Waals surface area contributed by atoms with Crippen molar-refractivity contribution in [2.24, 2.45) is 0 Å². The molecular weight excluding hydrogens is 216 g/mol. The van der Waals surface area contributed by atoms with Gasteiger partial charge in [0.1, 0.15) is 0 Å². The molecule has 2 nitrogen and oxygen atoms in total. The van der Waals surface area contributed by atoms with Gasteiger partial charge in [-0.2, -0.15) is 0 Å². The molecule has 1 saturated carbocycles. The number of aromatic nitrogens is 1. The predicted octanol–water partition coefficient (Wildman–Crippen LogP) is 3.69. The smallest absolute Gasteiger partial charge is 0.0959 e. The molecule has 0 radical (unpaired) electrons. The van der Waals surface area contributed by atoms with Crippen molar-refractivity contribution >= 4 is 11.3 Å². The maximum Gasteiger partial charge on any atom is 0.0959 e. The fraction of sp³-hybridized carbons (Fsp3) is 0.769. The molecule has 1 heterocycles. The quantitative estimate of drug-likeness (QED) is 0.765. The van der Waals surface area contributed by atoms with E-state index in [1.807, 2.05) is 11.3 Å². The second-order valence-corrected chi connectivity index (χ2v) is 5.82. The average Bonchev–Trinajstić information content (AvgIpc) is 2.94. The summed E-state index contributed by atoms with van der Waals surface area (Å²) < 4.78 is 0. The van der Waals surface area contributed by atoms with Crippen LogP contribution in [-0.2, 0) is 6.54 Å². The van der Waals surface area contributed by atoms with E-state index in [2.05, 4.69) is 23.4 Å². The lowest BCUT2D eigenvalue weighted by Crippen LogP contribution is -2.13. The molecule has 1 fully saturated rings. The Balaban J connectivity index is 1.77. The Bertz CT molecular complexity index is 303. The summed E-state index contributed by atoms with van der Waals surface area (Å²) in [4.78, 5) is 5.98. The SMILES string of the molecule is CCCCNCc1cnc(C2CCCC2)s1. The molecule has 1 aromatic rings. The van der Waals surface area contributed by atoms with Gasteiger partial charge in [0.05, 0.1) is 5.01 Å². The van der Waals surface area contributed by atoms with Crippen molar-refractivity contribution in [3.63, 3.8) is 0 Å². The van der Waals surface area contributed by atoms with E-state index >= 15 is 0 Å². The van der Waals surface area contributed by atoms with Gasteiger partial charge in [-0.15, -0.1) is 11.3 Å². The molecule has 90 valence electrons. The summed E-state index contributed by atoms with van der Waals surface area (Å²) in [5, 5.41) is 4.86. The Morgan fingerprint density at radius 3 is 3.00 bits per heavy atom. The summed E-state index contributed by atoms with van der Waals surface area (Å²) in [7, 11) is 0. The van der Waals surface area contributed by atoms with E-state index in [0.29, 0.717) is 0 Å². The second kappa shape index (κ2) is 6.36. The standard InChI is InChI=1S/C13H22N2S/c1-2-3-8-14-9-12-10-15-13(16-12)11-6-4-5-7-11/h10-11,14H,2-9H2,1H3. The first kappa shape index (κ1) is 12.1. The molecule has 0 atom stereocenters. The fourth-order valence-corrected chi connectivity index (χ4v) is 3.34. The summed E-state index contributed by atoms with van der Waals surface area (Å²) >= 11 is 1.91. The van der Waals surface area contributed by atoms with Gasteiger partial charge in [-0.3, -0.25) is 0 Å². The predicted molar refractivity (Wildman–Crippen MR) is 69.9 cm³/mol. The third-order valence-corrected chi connectivity index (χ3v) is 4.44. The Labute approximate surface area is 102 Å². The van der Waals surface area contributed by atoms with Gasteiger partial charge in [0.15, 0.2) is 0 Å². The molecule has 0 spiro atoms. The topological polar surface area (TPSA) is 24.9 Å². The molecule has 1 aromatic heterocycles. The molecule has 1 N–H and O–H groups in total. The monoisotopic (exact) mass is 238 g/mol. The first-order valence-corrected chi connectivity index (χ1v) is 7.37. The summed E-state index contributed by atoms with van der Waals surface area (Å²) in [6, 6.07) is 0. The third-order valence-electron chi connectivity index (χ3n) is 3.28. The van der Waals surface area contributed by atoms with E-state index < -0.39 is 0 Å². The molecule has 0 amide bonds. The van der Waals surface area contributed by atoms with Gasteiger partial charge in [0.25, 0.3) is 0 Å². The zero-order valence-corrected chi connectivity index (χ0v) is 11.0. The molecule has 1 aliphatic rings. The van der Waals surface area contributed by atoms with Gasteiger partial charge < -0.3 is 5.32 Å². The van der Waals surface area contributed by atoms with Crippen molar-refractivity contribution in [3.05, 3.63) is 16.1 Å². The molecule has 3 heteroatoms. The van der Waals surface area contributed by atoms with Gasteiger partial charge >= 0.3 is 0 Å². The number of thiazole rings is 1. The lowest BCUT2D eigenvalue weighted by atomic mass is 10.1. The van der Waals surface area contributed by atoms with Crippen LogP contribution in [0.2, 0.25) is 0 Å². The molecule has 0 saturated heterocycles. The third kappa shape index (κ3) is 3.29. The van der Waals surface area contributed by atoms with Crippen LogP contribution in [0.3, 0.4) is 0 Å². The largest absolute Gasteiger partial charge is 0.312 e. The number of nitrogens with one attached hydrogen (secondary N) is 1. The van der Waals surface area contributed by atoms with Crippen LogP contribution in [0, 0.1) is 0 Å². The van der Waals surface area contributed by atoms with Crippen LogP contribution in [0.15, 0.2) is 6.20 Å². The Hall–Kier alpha value is -0.410. The molecule has 16 heavy (non-hydrogen) atoms. The van der Waals surface area contributed by atoms with E-state index in [0.717, 1.165) is 19.0 Å². The van der Waals surface area contributed by atoms with Crippen LogP contribution in [-0.4, -0.2) is 11.5 Å². The Morgan fingerprint density at radius 2 is 2.25 bits per heavy atom. The maximum atomic E-state index is 4.58. The summed E-state index contributed by atoms with van der Waals surface area (Å²) in [5.74, 6) is 0.773. The molecule has 0 aliphatic heterocycles. The van der Waals surface area contributed by atoms with E-state index in [1.54, 1.807) is 0 Å². The minimum atomic E-state index is 0.773. The minimum absolute atomic E-state index is 0.773. The van der Waals surface area contributed by atoms with E-state index in [4.69, 9.17) is 0 Å². The molecule has 2 rings (SSSR count). The second-order valence-electron chi connectivity index (χ2n) is 4.68. The number of nitrogens with zero attached hydrogens (tertiary/aromatic N) is 1. The molecule has 0 unspecified atom stereocenters. The molecule has 0 bridgehead atoms. The fourth-order valence-electron chi connectivity index (χ4n) is 2.28. The number of hydrogen-bond donors (Lipinski definition) is 1. The lowest BCUT2D eigenvalue weighted by Gasteiger charge is -2.03. The normalized spacial score (nSPS) is 17.1. The van der Waals surface area contributed by atoms with Gasteiger partial charge in [-0.25, -0.2) is 4.98 Å². The molecule has 1 aliphatic carbocycles. The van der Waals surface area contributed by atoms with Crippen molar-refractivity contribution in [1.29, 1.82) is 0 Å². The number of rotatable bonds is 6. The zero-order chi connectivity index (χ0) is 11.2. The van der Waals surface area contributed by atoms with Crippen molar-refractivity contribution < 1.29 is 0 Å². The lowest BCUT2D eigenvalue weighted by molar-refractivity contribution is 0.645. The highest BCUT2D eigenvalue weighted by molar-refractivity contribution is 7.11. The van der Waals surface area contributed by atoms with Crippen LogP contribution >= 0.6 is 11.3 Å². The van der Waals surface area contributed by atoms with Crippen molar-refractivity contribution in [2.45, 2.75) is 57.9 Å². The first-order valence-electron chi connectivity index (χ1n) is 6.55. The average molecular weight is 238 g/mol. The summed E-state index contributed by atoms with van der Waals surface area (Å²) in [6.45, 7) is 4.37. The van der Waals surface area contributed by atoms with Crippen LogP contribution in [0.25, 0.3) is 0 Å². The van der Waals surface area contributed by atoms with Crippen LogP contribution in [0.1, 0.15) is 61.3 Å². The van der Waals surface area contributed by atoms with Gasteiger partial charge in [-0.05, 0) is 25.8 Å². The van der Waals surface area contributed by atoms with Gasteiger partial charge in [0, 0.05) is 23.5 Å². The minimum Gasteiger partial charge on any atom is -0.312 e. The molecular formula is C13H22N2S. The Kier molecular flexibility index (Phi) is 4.79. The van der Waals surface area contributed by atoms with Crippen molar-refractivity contribution in [2.75, 3.05) is 6.54 Å². The van der Waals surface area contributed by atoms with Crippen LogP contribution in [0.4, 0.5) is 0 Å².